The Labute approximate surface area is 90.7 Å². The maximum Gasteiger partial charge on any atom is 1.00 e. The van der Waals surface area contributed by atoms with Gasteiger partial charge in [0.15, 0.2) is 0 Å². The van der Waals surface area contributed by atoms with Gasteiger partial charge in [0.05, 0.1) is 8.05 Å². The molecule has 0 atom stereocenters. The zero-order valence-corrected chi connectivity index (χ0v) is 6.87. The van der Waals surface area contributed by atoms with Crippen molar-refractivity contribution in [2.75, 3.05) is 6.61 Å². The van der Waals surface area contributed by atoms with E-state index in [2.05, 4.69) is 0 Å². The predicted octanol–water partition coefficient (Wildman–Crippen LogP) is -3.38. The molecule has 0 heterocycles. The van der Waals surface area contributed by atoms with Crippen LogP contribution in [-0.4, -0.2) is 14.7 Å². The van der Waals surface area contributed by atoms with Gasteiger partial charge >= 0.3 is 18.9 Å². The molecule has 6 heteroatoms. The molecular weight excluding hydrogens is 160 g/mol. The Bertz CT molecular complexity index is 226. The molecule has 13 heavy (non-hydrogen) atoms. The average molecular weight is 169 g/mol. The van der Waals surface area contributed by atoms with Crippen LogP contribution in [0.1, 0.15) is 12.8 Å². The van der Waals surface area contributed by atoms with Crippen molar-refractivity contribution < 1.29 is 23.5 Å². The van der Waals surface area contributed by atoms with Crippen LogP contribution in [0.2, 0.25) is 0 Å². The quantitative estimate of drug-likeness (QED) is 0.324. The Kier molecular flexibility index (Phi) is 8.68. The predicted molar refractivity (Wildman–Crippen MR) is 44.4 cm³/mol. The van der Waals surface area contributed by atoms with Gasteiger partial charge in [-0.05, 0) is 19.4 Å². The van der Waals surface area contributed by atoms with Gasteiger partial charge in [-0.3, -0.25) is 0 Å². The van der Waals surface area contributed by atoms with Crippen LogP contribution in [-0.2, 0) is 4.65 Å². The first kappa shape index (κ1) is 14.6. The monoisotopic (exact) mass is 169 g/mol. The van der Waals surface area contributed by atoms with Crippen molar-refractivity contribution in [3.8, 4) is 18.2 Å². The first-order valence-electron chi connectivity index (χ1n) is 3.06. The van der Waals surface area contributed by atoms with E-state index in [0.29, 0.717) is 13.0 Å². The number of hydrogen-bond donors (Lipinski definition) is 0. The van der Waals surface area contributed by atoms with E-state index in [1.54, 1.807) is 18.2 Å². The van der Waals surface area contributed by atoms with Crippen LogP contribution in [0, 0.1) is 39.4 Å². The van der Waals surface area contributed by atoms with Gasteiger partial charge in [0.2, 0.25) is 5.41 Å². The largest absolute Gasteiger partial charge is 1.00 e. The zero-order chi connectivity index (χ0) is 9.45. The van der Waals surface area contributed by atoms with E-state index in [-0.39, 0.29) is 33.3 Å². The van der Waals surface area contributed by atoms with Crippen LogP contribution in [0.4, 0.5) is 0 Å². The van der Waals surface area contributed by atoms with Crippen molar-refractivity contribution in [3.05, 3.63) is 0 Å². The van der Waals surface area contributed by atoms with Crippen molar-refractivity contribution in [1.29, 1.82) is 15.8 Å². The van der Waals surface area contributed by atoms with Crippen molar-refractivity contribution in [1.82, 2.24) is 0 Å². The Morgan fingerprint density at radius 1 is 1.15 bits per heavy atom. The number of nitrogens with zero attached hydrogens (tertiary/aromatic N) is 3. The van der Waals surface area contributed by atoms with E-state index in [1.165, 1.54) is 0 Å². The molecule has 0 radical (unpaired) electrons. The molecule has 0 saturated heterocycles. The van der Waals surface area contributed by atoms with E-state index in [1.807, 2.05) is 0 Å². The van der Waals surface area contributed by atoms with Crippen molar-refractivity contribution in [2.24, 2.45) is 5.41 Å². The first-order valence-corrected chi connectivity index (χ1v) is 3.06. The van der Waals surface area contributed by atoms with Crippen LogP contribution in [0.3, 0.4) is 0 Å². The molecule has 0 bridgehead atoms. The third kappa shape index (κ3) is 4.62. The van der Waals surface area contributed by atoms with E-state index in [9.17, 15) is 0 Å². The van der Waals surface area contributed by atoms with E-state index < -0.39 is 5.41 Å². The van der Waals surface area contributed by atoms with Crippen LogP contribution >= 0.6 is 0 Å². The summed E-state index contributed by atoms with van der Waals surface area (Å²) in [5.41, 5.74) is -1.46. The van der Waals surface area contributed by atoms with Crippen LogP contribution in [0.5, 0.6) is 0 Å². The molecule has 0 aliphatic heterocycles. The summed E-state index contributed by atoms with van der Waals surface area (Å²) in [4.78, 5) is 0. The standard InChI is InChI=1S/C7H9BN3O.Li/c8-12-3-1-2-7(4-9,5-10)6-11;/h1-3H2,8H3;/q-1;+1. The number of rotatable bonds is 4. The summed E-state index contributed by atoms with van der Waals surface area (Å²) in [6, 6.07) is 5.15. The third-order valence-electron chi connectivity index (χ3n) is 1.27. The summed E-state index contributed by atoms with van der Waals surface area (Å²) in [6.07, 6.45) is 0.890. The van der Waals surface area contributed by atoms with Crippen LogP contribution in [0.25, 0.3) is 0 Å². The van der Waals surface area contributed by atoms with Gasteiger partial charge in [-0.25, -0.2) is 0 Å². The normalized spacial score (nSPS) is 8.77. The van der Waals surface area contributed by atoms with Crippen molar-refractivity contribution in [2.45, 2.75) is 12.8 Å². The van der Waals surface area contributed by atoms with Gasteiger partial charge in [-0.15, -0.1) is 0 Å². The van der Waals surface area contributed by atoms with Gasteiger partial charge in [0, 0.05) is 0 Å². The average Bonchev–Trinajstić information content (AvgIpc) is 2.14. The van der Waals surface area contributed by atoms with E-state index in [0.717, 1.165) is 0 Å². The molecule has 0 aliphatic rings. The molecule has 0 saturated carbocycles. The fraction of sp³-hybridized carbons (Fsp3) is 0.571. The fourth-order valence-electron chi connectivity index (χ4n) is 0.580. The summed E-state index contributed by atoms with van der Waals surface area (Å²) in [5, 5.41) is 25.7. The van der Waals surface area contributed by atoms with E-state index in [4.69, 9.17) is 20.4 Å². The summed E-state index contributed by atoms with van der Waals surface area (Å²) < 4.78 is 4.99. The van der Waals surface area contributed by atoms with Crippen LogP contribution in [0.15, 0.2) is 0 Å². The summed E-state index contributed by atoms with van der Waals surface area (Å²) in [7, 11) is -0.0650. The smallest absolute Gasteiger partial charge is 0.599 e. The second kappa shape index (κ2) is 7.73. The second-order valence-corrected chi connectivity index (χ2v) is 2.05. The molecule has 0 spiro atoms. The zero-order valence-electron chi connectivity index (χ0n) is 6.87. The molecule has 4 nitrogen and oxygen atoms in total. The topological polar surface area (TPSA) is 80.6 Å². The van der Waals surface area contributed by atoms with Crippen molar-refractivity contribution in [3.63, 3.8) is 0 Å². The fourth-order valence-corrected chi connectivity index (χ4v) is 0.580. The molecule has 0 aromatic heterocycles. The van der Waals surface area contributed by atoms with Gasteiger partial charge < -0.3 is 4.65 Å². The minimum absolute atomic E-state index is 0. The van der Waals surface area contributed by atoms with Gasteiger partial charge in [0.1, 0.15) is 18.2 Å². The van der Waals surface area contributed by atoms with Crippen molar-refractivity contribution >= 4 is 8.05 Å². The Balaban J connectivity index is 0. The molecule has 0 fully saturated rings. The molecule has 0 N–H and O–H groups in total. The van der Waals surface area contributed by atoms with Gasteiger partial charge in [-0.1, -0.05) is 0 Å². The van der Waals surface area contributed by atoms with Gasteiger partial charge in [0.25, 0.3) is 0 Å². The van der Waals surface area contributed by atoms with Gasteiger partial charge in [-0.2, -0.15) is 15.8 Å². The maximum atomic E-state index is 8.56. The Morgan fingerprint density at radius 2 is 1.62 bits per heavy atom. The Morgan fingerprint density at radius 3 is 1.92 bits per heavy atom. The minimum atomic E-state index is -1.46. The van der Waals surface area contributed by atoms with E-state index >= 15 is 0 Å². The summed E-state index contributed by atoms with van der Waals surface area (Å²) in [5.74, 6) is 0. The minimum Gasteiger partial charge on any atom is -0.599 e. The molecule has 0 rings (SSSR count). The molecule has 0 aromatic rings. The SMILES string of the molecule is [BH3-]OCCCC(C#N)(C#N)C#N.[Li+]. The molecule has 62 valence electrons. The molecule has 0 aromatic carbocycles. The number of hydrogen-bond acceptors (Lipinski definition) is 4. The second-order valence-electron chi connectivity index (χ2n) is 2.05. The maximum absolute atomic E-state index is 8.56. The molecular formula is C7H9BLiN3O. The number of nitriles is 3. The first-order chi connectivity index (χ1) is 5.74. The summed E-state index contributed by atoms with van der Waals surface area (Å²) >= 11 is 0. The molecule has 0 unspecified atom stereocenters. The third-order valence-corrected chi connectivity index (χ3v) is 1.27. The molecule has 0 aliphatic carbocycles. The molecule has 0 amide bonds. The summed E-state index contributed by atoms with van der Waals surface area (Å²) in [6.45, 7) is 0.576. The Hall–Kier alpha value is -0.908. The van der Waals surface area contributed by atoms with Crippen LogP contribution < -0.4 is 18.9 Å².